The summed E-state index contributed by atoms with van der Waals surface area (Å²) in [5.74, 6) is -0.777. The molecule has 3 amide bonds. The number of carbonyl (C=O) groups excluding carboxylic acids is 2. The molecule has 1 heterocycles. The van der Waals surface area contributed by atoms with Crippen molar-refractivity contribution in [1.29, 1.82) is 0 Å². The second-order valence-electron chi connectivity index (χ2n) is 5.40. The van der Waals surface area contributed by atoms with Gasteiger partial charge in [0.25, 0.3) is 0 Å². The summed E-state index contributed by atoms with van der Waals surface area (Å²) >= 11 is 0. The van der Waals surface area contributed by atoms with E-state index in [-0.39, 0.29) is 18.9 Å². The van der Waals surface area contributed by atoms with Crippen LogP contribution in [0, 0.1) is 0 Å². The van der Waals surface area contributed by atoms with Gasteiger partial charge in [-0.2, -0.15) is 5.10 Å². The molecule has 1 aromatic rings. The van der Waals surface area contributed by atoms with E-state index in [1.165, 1.54) is 12.4 Å². The standard InChI is InChI=1S/C13H19N5O5/c1-13(2,3)23-12(22)14-7-5-9(19)16-10(17-11(20)21)18-8-4-6-15-18/h4,6,8H,5,7H2,1-3H3,(H,14,22)(H,20,21)(H,16,17,19). The summed E-state index contributed by atoms with van der Waals surface area (Å²) in [4.78, 5) is 37.1. The van der Waals surface area contributed by atoms with Gasteiger partial charge >= 0.3 is 12.2 Å². The van der Waals surface area contributed by atoms with E-state index in [2.05, 4.69) is 20.7 Å². The van der Waals surface area contributed by atoms with E-state index in [9.17, 15) is 14.4 Å². The van der Waals surface area contributed by atoms with Crippen molar-refractivity contribution in [3.63, 3.8) is 0 Å². The second kappa shape index (κ2) is 7.92. The van der Waals surface area contributed by atoms with Gasteiger partial charge in [-0.05, 0) is 26.8 Å². The molecule has 10 heteroatoms. The molecule has 1 aromatic heterocycles. The SMILES string of the molecule is CC(C)(C)OC(=O)NCCC(=O)NC(=NC(=O)O)n1cccn1. The van der Waals surface area contributed by atoms with Crippen LogP contribution in [-0.2, 0) is 9.53 Å². The first-order chi connectivity index (χ1) is 10.7. The van der Waals surface area contributed by atoms with Gasteiger partial charge in [0.2, 0.25) is 11.9 Å². The summed E-state index contributed by atoms with van der Waals surface area (Å²) in [5.41, 5.74) is -0.631. The molecular weight excluding hydrogens is 306 g/mol. The number of amides is 3. The number of nitrogens with one attached hydrogen (secondary N) is 2. The van der Waals surface area contributed by atoms with Crippen LogP contribution in [0.25, 0.3) is 0 Å². The Morgan fingerprint density at radius 3 is 2.57 bits per heavy atom. The van der Waals surface area contributed by atoms with Crippen LogP contribution >= 0.6 is 0 Å². The molecule has 0 radical (unpaired) electrons. The largest absolute Gasteiger partial charge is 0.463 e. The van der Waals surface area contributed by atoms with Crippen LogP contribution in [0.4, 0.5) is 9.59 Å². The van der Waals surface area contributed by atoms with Gasteiger partial charge in [-0.15, -0.1) is 4.99 Å². The number of aromatic nitrogens is 2. The number of hydrogen-bond acceptors (Lipinski definition) is 5. The number of carboxylic acid groups (broad SMARTS) is 1. The van der Waals surface area contributed by atoms with Crippen LogP contribution in [0.5, 0.6) is 0 Å². The van der Waals surface area contributed by atoms with Gasteiger partial charge in [-0.25, -0.2) is 14.3 Å². The molecule has 0 atom stereocenters. The van der Waals surface area contributed by atoms with Crippen molar-refractivity contribution in [1.82, 2.24) is 20.4 Å². The lowest BCUT2D eigenvalue weighted by molar-refractivity contribution is -0.119. The lowest BCUT2D eigenvalue weighted by Gasteiger charge is -2.19. The van der Waals surface area contributed by atoms with Gasteiger partial charge in [0.05, 0.1) is 0 Å². The smallest absolute Gasteiger partial charge is 0.434 e. The van der Waals surface area contributed by atoms with Crippen molar-refractivity contribution in [2.45, 2.75) is 32.8 Å². The van der Waals surface area contributed by atoms with E-state index >= 15 is 0 Å². The first-order valence-corrected chi connectivity index (χ1v) is 6.76. The molecule has 0 aromatic carbocycles. The van der Waals surface area contributed by atoms with E-state index in [0.29, 0.717) is 0 Å². The van der Waals surface area contributed by atoms with Crippen LogP contribution in [0.2, 0.25) is 0 Å². The topological polar surface area (TPSA) is 135 Å². The van der Waals surface area contributed by atoms with Crippen LogP contribution in [0.3, 0.4) is 0 Å². The van der Waals surface area contributed by atoms with Crippen LogP contribution in [0.1, 0.15) is 27.2 Å². The Morgan fingerprint density at radius 1 is 1.35 bits per heavy atom. The third-order valence-corrected chi connectivity index (χ3v) is 2.19. The number of ether oxygens (including phenoxy) is 1. The third kappa shape index (κ3) is 7.60. The Bertz CT molecular complexity index is 588. The Hall–Kier alpha value is -2.91. The molecule has 0 unspecified atom stereocenters. The zero-order valence-corrected chi connectivity index (χ0v) is 13.1. The third-order valence-electron chi connectivity index (χ3n) is 2.19. The fourth-order valence-electron chi connectivity index (χ4n) is 1.40. The summed E-state index contributed by atoms with van der Waals surface area (Å²) in [6.07, 6.45) is 0.646. The van der Waals surface area contributed by atoms with Crippen molar-refractivity contribution < 1.29 is 24.2 Å². The maximum absolute atomic E-state index is 11.8. The van der Waals surface area contributed by atoms with E-state index in [4.69, 9.17) is 9.84 Å². The summed E-state index contributed by atoms with van der Waals surface area (Å²) in [6.45, 7) is 5.19. The molecule has 0 aliphatic rings. The van der Waals surface area contributed by atoms with Crippen molar-refractivity contribution in [2.24, 2.45) is 4.99 Å². The van der Waals surface area contributed by atoms with E-state index in [1.807, 2.05) is 0 Å². The van der Waals surface area contributed by atoms with Crippen molar-refractivity contribution in [3.8, 4) is 0 Å². The van der Waals surface area contributed by atoms with Crippen LogP contribution < -0.4 is 10.6 Å². The van der Waals surface area contributed by atoms with Crippen molar-refractivity contribution in [3.05, 3.63) is 18.5 Å². The molecule has 0 bridgehead atoms. The number of rotatable bonds is 3. The lowest BCUT2D eigenvalue weighted by Crippen LogP contribution is -2.39. The molecule has 0 saturated carbocycles. The Kier molecular flexibility index (Phi) is 6.24. The number of carbonyl (C=O) groups is 3. The minimum atomic E-state index is -1.47. The van der Waals surface area contributed by atoms with E-state index < -0.39 is 23.7 Å². The molecule has 0 spiro atoms. The zero-order chi connectivity index (χ0) is 17.5. The summed E-state index contributed by atoms with van der Waals surface area (Å²) in [5, 5.41) is 17.2. The van der Waals surface area contributed by atoms with Gasteiger partial charge in [0.15, 0.2) is 0 Å². The maximum Gasteiger partial charge on any atom is 0.434 e. The fourth-order valence-corrected chi connectivity index (χ4v) is 1.40. The van der Waals surface area contributed by atoms with E-state index in [1.54, 1.807) is 26.8 Å². The Labute approximate surface area is 132 Å². The number of hydrogen-bond donors (Lipinski definition) is 3. The van der Waals surface area contributed by atoms with Crippen molar-refractivity contribution >= 4 is 24.1 Å². The highest BCUT2D eigenvalue weighted by Gasteiger charge is 2.16. The average molecular weight is 325 g/mol. The Morgan fingerprint density at radius 2 is 2.04 bits per heavy atom. The number of aliphatic imine (C=N–C) groups is 1. The predicted molar refractivity (Wildman–Crippen MR) is 80.1 cm³/mol. The second-order valence-corrected chi connectivity index (χ2v) is 5.40. The Balaban J connectivity index is 2.48. The minimum Gasteiger partial charge on any atom is -0.463 e. The van der Waals surface area contributed by atoms with Crippen molar-refractivity contribution in [2.75, 3.05) is 6.54 Å². The molecule has 0 aliphatic heterocycles. The molecule has 3 N–H and O–H groups in total. The normalized spacial score (nSPS) is 11.7. The first-order valence-electron chi connectivity index (χ1n) is 6.76. The number of nitrogens with zero attached hydrogens (tertiary/aromatic N) is 3. The zero-order valence-electron chi connectivity index (χ0n) is 13.1. The van der Waals surface area contributed by atoms with Crippen LogP contribution in [-0.4, -0.2) is 51.1 Å². The van der Waals surface area contributed by atoms with Gasteiger partial charge in [0.1, 0.15) is 5.60 Å². The lowest BCUT2D eigenvalue weighted by atomic mass is 10.2. The molecular formula is C13H19N5O5. The average Bonchev–Trinajstić information content (AvgIpc) is 2.88. The molecule has 1 rings (SSSR count). The highest BCUT2D eigenvalue weighted by molar-refractivity contribution is 6.01. The fraction of sp³-hybridized carbons (Fsp3) is 0.462. The molecule has 10 nitrogen and oxygen atoms in total. The summed E-state index contributed by atoms with van der Waals surface area (Å²) in [7, 11) is 0. The van der Waals surface area contributed by atoms with Gasteiger partial charge < -0.3 is 15.2 Å². The number of alkyl carbamates (subject to hydrolysis) is 1. The van der Waals surface area contributed by atoms with Gasteiger partial charge in [0, 0.05) is 25.4 Å². The molecule has 23 heavy (non-hydrogen) atoms. The van der Waals surface area contributed by atoms with E-state index in [0.717, 1.165) is 4.68 Å². The molecule has 0 aliphatic carbocycles. The highest BCUT2D eigenvalue weighted by atomic mass is 16.6. The summed E-state index contributed by atoms with van der Waals surface area (Å²) in [6, 6.07) is 1.55. The molecule has 0 saturated heterocycles. The monoisotopic (exact) mass is 325 g/mol. The first kappa shape index (κ1) is 18.1. The summed E-state index contributed by atoms with van der Waals surface area (Å²) < 4.78 is 6.12. The highest BCUT2D eigenvalue weighted by Crippen LogP contribution is 2.06. The maximum atomic E-state index is 11.8. The molecule has 0 fully saturated rings. The quantitative estimate of drug-likeness (QED) is 0.555. The van der Waals surface area contributed by atoms with Gasteiger partial charge in [-0.1, -0.05) is 0 Å². The molecule has 126 valence electrons. The van der Waals surface area contributed by atoms with Gasteiger partial charge in [-0.3, -0.25) is 10.1 Å². The van der Waals surface area contributed by atoms with Crippen LogP contribution in [0.15, 0.2) is 23.5 Å². The minimum absolute atomic E-state index is 0.0280. The predicted octanol–water partition coefficient (Wildman–Crippen LogP) is 0.796.